The average Bonchev–Trinajstić information content (AvgIpc) is 2.34. The number of nitrogens with one attached hydrogen (secondary N) is 1. The maximum absolute atomic E-state index is 6.09. The second-order valence-corrected chi connectivity index (χ2v) is 6.02. The lowest BCUT2D eigenvalue weighted by Crippen LogP contribution is -2.50. The van der Waals surface area contributed by atoms with E-state index in [1.54, 1.807) is 0 Å². The first kappa shape index (κ1) is 13.2. The van der Waals surface area contributed by atoms with Crippen LogP contribution in [0.25, 0.3) is 5.57 Å². The van der Waals surface area contributed by atoms with E-state index in [4.69, 9.17) is 16.3 Å². The molecule has 1 heterocycles. The van der Waals surface area contributed by atoms with Crippen molar-refractivity contribution < 1.29 is 4.74 Å². The highest BCUT2D eigenvalue weighted by Crippen LogP contribution is 2.35. The van der Waals surface area contributed by atoms with E-state index in [1.165, 1.54) is 0 Å². The second kappa shape index (κ2) is 5.70. The summed E-state index contributed by atoms with van der Waals surface area (Å²) in [6.07, 6.45) is 7.29. The number of benzene rings is 1. The second-order valence-electron chi connectivity index (χ2n) is 4.67. The highest BCUT2D eigenvalue weighted by molar-refractivity contribution is 9.10. The van der Waals surface area contributed by atoms with E-state index >= 15 is 0 Å². The predicted octanol–water partition coefficient (Wildman–Crippen LogP) is 3.91. The molecule has 0 saturated carbocycles. The lowest BCUT2D eigenvalue weighted by atomic mass is 9.96. The molecule has 1 aromatic rings. The van der Waals surface area contributed by atoms with Crippen molar-refractivity contribution in [2.75, 3.05) is 13.1 Å². The first-order valence-corrected chi connectivity index (χ1v) is 7.47. The maximum atomic E-state index is 6.09. The molecule has 1 radical (unpaired) electrons. The van der Waals surface area contributed by atoms with Gasteiger partial charge in [-0.1, -0.05) is 33.6 Å². The van der Waals surface area contributed by atoms with Gasteiger partial charge in [-0.25, -0.2) is 0 Å². The Morgan fingerprint density at radius 2 is 2.16 bits per heavy atom. The number of ether oxygens (including phenoxy) is 1. The topological polar surface area (TPSA) is 21.3 Å². The Kier molecular flexibility index (Phi) is 3.96. The van der Waals surface area contributed by atoms with Crippen LogP contribution in [0.3, 0.4) is 0 Å². The van der Waals surface area contributed by atoms with Crippen molar-refractivity contribution in [3.05, 3.63) is 51.8 Å². The van der Waals surface area contributed by atoms with Gasteiger partial charge >= 0.3 is 0 Å². The molecule has 2 nitrogen and oxygen atoms in total. The highest BCUT2D eigenvalue weighted by Gasteiger charge is 2.21. The normalized spacial score (nSPS) is 19.5. The fraction of sp³-hybridized carbons (Fsp3) is 0.267. The van der Waals surface area contributed by atoms with Crippen LogP contribution >= 0.6 is 27.5 Å². The van der Waals surface area contributed by atoms with Gasteiger partial charge in [0.2, 0.25) is 0 Å². The molecule has 0 bridgehead atoms. The number of halogens is 2. The molecule has 3 rings (SSSR count). The quantitative estimate of drug-likeness (QED) is 0.901. The van der Waals surface area contributed by atoms with Crippen molar-refractivity contribution in [1.29, 1.82) is 0 Å². The molecule has 4 heteroatoms. The van der Waals surface area contributed by atoms with Gasteiger partial charge in [0.1, 0.15) is 11.9 Å². The summed E-state index contributed by atoms with van der Waals surface area (Å²) in [6, 6.07) is 6.13. The molecule has 1 aliphatic carbocycles. The van der Waals surface area contributed by atoms with Crippen LogP contribution in [0.15, 0.2) is 39.9 Å². The Bertz CT molecular complexity index is 549. The fourth-order valence-corrected chi connectivity index (χ4v) is 2.66. The summed E-state index contributed by atoms with van der Waals surface area (Å²) in [6.45, 7) is 1.82. The first-order valence-electron chi connectivity index (χ1n) is 6.30. The summed E-state index contributed by atoms with van der Waals surface area (Å²) in [4.78, 5) is 0. The summed E-state index contributed by atoms with van der Waals surface area (Å²) < 4.78 is 7.06. The van der Waals surface area contributed by atoms with E-state index < -0.39 is 0 Å². The van der Waals surface area contributed by atoms with Gasteiger partial charge in [-0.2, -0.15) is 0 Å². The van der Waals surface area contributed by atoms with E-state index in [9.17, 15) is 0 Å². The summed E-state index contributed by atoms with van der Waals surface area (Å²) in [5.74, 6) is 0.912. The van der Waals surface area contributed by atoms with Crippen LogP contribution in [-0.4, -0.2) is 19.2 Å². The molecule has 0 spiro atoms. The summed E-state index contributed by atoms with van der Waals surface area (Å²) in [5.41, 5.74) is 2.23. The van der Waals surface area contributed by atoms with Gasteiger partial charge in [0, 0.05) is 28.2 Å². The Hall–Kier alpha value is -0.770. The van der Waals surface area contributed by atoms with Crippen molar-refractivity contribution in [2.45, 2.75) is 12.5 Å². The third kappa shape index (κ3) is 3.04. The van der Waals surface area contributed by atoms with E-state index in [2.05, 4.69) is 33.7 Å². The summed E-state index contributed by atoms with van der Waals surface area (Å²) in [7, 11) is 0. The molecular weight excluding hydrogens is 326 g/mol. The smallest absolute Gasteiger partial charge is 0.128 e. The Morgan fingerprint density at radius 3 is 2.84 bits per heavy atom. The lowest BCUT2D eigenvalue weighted by molar-refractivity contribution is 0.142. The molecule has 1 saturated heterocycles. The number of rotatable bonds is 3. The van der Waals surface area contributed by atoms with Crippen LogP contribution in [0.4, 0.5) is 0 Å². The standard InChI is InChI=1S/C15H14BrClNO/c16-11-4-5-14(10-2-1-3-12(17)6-10)15(7-11)19-13-8-18-9-13/h2-7,13,18H,1,8-9H2. The largest absolute Gasteiger partial charge is 0.487 e. The van der Waals surface area contributed by atoms with Crippen LogP contribution in [0, 0.1) is 6.42 Å². The average molecular weight is 340 g/mol. The van der Waals surface area contributed by atoms with Crippen LogP contribution in [0.1, 0.15) is 12.0 Å². The van der Waals surface area contributed by atoms with Gasteiger partial charge in [0.15, 0.2) is 0 Å². The molecule has 2 aliphatic rings. The third-order valence-electron chi connectivity index (χ3n) is 3.24. The highest BCUT2D eigenvalue weighted by atomic mass is 79.9. The molecule has 1 fully saturated rings. The molecule has 99 valence electrons. The molecule has 1 aliphatic heterocycles. The Balaban J connectivity index is 1.93. The van der Waals surface area contributed by atoms with Gasteiger partial charge < -0.3 is 10.1 Å². The molecule has 19 heavy (non-hydrogen) atoms. The van der Waals surface area contributed by atoms with E-state index in [0.717, 1.165) is 45.9 Å². The summed E-state index contributed by atoms with van der Waals surface area (Å²) in [5, 5.41) is 4.00. The van der Waals surface area contributed by atoms with Gasteiger partial charge in [0.25, 0.3) is 0 Å². The van der Waals surface area contributed by atoms with Crippen molar-refractivity contribution in [2.24, 2.45) is 0 Å². The predicted molar refractivity (Wildman–Crippen MR) is 82.3 cm³/mol. The number of hydrogen-bond donors (Lipinski definition) is 1. The van der Waals surface area contributed by atoms with Gasteiger partial charge in [-0.3, -0.25) is 0 Å². The minimum absolute atomic E-state index is 0.267. The fourth-order valence-electron chi connectivity index (χ4n) is 2.11. The maximum Gasteiger partial charge on any atom is 0.128 e. The molecule has 0 amide bonds. The minimum Gasteiger partial charge on any atom is -0.487 e. The van der Waals surface area contributed by atoms with Gasteiger partial charge in [0.05, 0.1) is 0 Å². The third-order valence-corrected chi connectivity index (χ3v) is 3.99. The molecule has 0 unspecified atom stereocenters. The zero-order chi connectivity index (χ0) is 13.2. The van der Waals surface area contributed by atoms with Crippen LogP contribution in [0.5, 0.6) is 5.75 Å². The lowest BCUT2D eigenvalue weighted by Gasteiger charge is -2.29. The SMILES string of the molecule is ClC1=CC[CH]C(c2ccc(Br)cc2OC2CNC2)=C1. The van der Waals surface area contributed by atoms with Crippen molar-refractivity contribution in [3.63, 3.8) is 0 Å². The zero-order valence-electron chi connectivity index (χ0n) is 10.3. The van der Waals surface area contributed by atoms with Crippen LogP contribution in [0.2, 0.25) is 0 Å². The van der Waals surface area contributed by atoms with Gasteiger partial charge in [-0.15, -0.1) is 0 Å². The molecule has 1 aromatic carbocycles. The van der Waals surface area contributed by atoms with Crippen molar-refractivity contribution in [3.8, 4) is 5.75 Å². The van der Waals surface area contributed by atoms with Crippen LogP contribution in [-0.2, 0) is 0 Å². The van der Waals surface area contributed by atoms with E-state index in [-0.39, 0.29) is 6.10 Å². The number of allylic oxidation sites excluding steroid dienone is 4. The van der Waals surface area contributed by atoms with Crippen molar-refractivity contribution >= 4 is 33.1 Å². The van der Waals surface area contributed by atoms with Crippen LogP contribution < -0.4 is 10.1 Å². The first-order chi connectivity index (χ1) is 9.22. The minimum atomic E-state index is 0.267. The van der Waals surface area contributed by atoms with E-state index in [1.807, 2.05) is 24.3 Å². The molecule has 1 N–H and O–H groups in total. The summed E-state index contributed by atoms with van der Waals surface area (Å²) >= 11 is 9.59. The van der Waals surface area contributed by atoms with Gasteiger partial charge in [-0.05, 0) is 42.7 Å². The molecule has 0 atom stereocenters. The Labute approximate surface area is 126 Å². The number of hydrogen-bond acceptors (Lipinski definition) is 2. The van der Waals surface area contributed by atoms with E-state index in [0.29, 0.717) is 0 Å². The van der Waals surface area contributed by atoms with Crippen molar-refractivity contribution in [1.82, 2.24) is 5.32 Å². The molecular formula is C15H14BrClNO. The zero-order valence-corrected chi connectivity index (χ0v) is 12.7. The Morgan fingerprint density at radius 1 is 1.32 bits per heavy atom. The molecule has 0 aromatic heterocycles. The monoisotopic (exact) mass is 338 g/mol.